The number of hydrogen-bond donors (Lipinski definition) is 0. The van der Waals surface area contributed by atoms with Crippen molar-refractivity contribution in [2.75, 3.05) is 34.7 Å². The Bertz CT molecular complexity index is 301. The fourth-order valence-corrected chi connectivity index (χ4v) is 3.59. The smallest absolute Gasteiger partial charge is 0.0783 e. The summed E-state index contributed by atoms with van der Waals surface area (Å²) >= 11 is 0. The van der Waals surface area contributed by atoms with Gasteiger partial charge in [-0.2, -0.15) is 0 Å². The molecule has 0 saturated carbocycles. The molecular formula is C16H31N2+. The van der Waals surface area contributed by atoms with Crippen LogP contribution in [0.15, 0.2) is 11.8 Å². The number of allylic oxidation sites excluding steroid dienone is 2. The topological polar surface area (TPSA) is 3.24 Å². The molecule has 1 saturated heterocycles. The highest BCUT2D eigenvalue weighted by atomic mass is 15.3. The van der Waals surface area contributed by atoms with Crippen LogP contribution in [0.1, 0.15) is 44.9 Å². The number of hydrogen-bond acceptors (Lipinski definition) is 1. The second-order valence-corrected chi connectivity index (χ2v) is 7.26. The lowest BCUT2D eigenvalue weighted by atomic mass is 9.88. The minimum absolute atomic E-state index is 0.813. The second-order valence-electron chi connectivity index (χ2n) is 7.26. The molecule has 2 aliphatic rings. The molecule has 0 radical (unpaired) electrons. The average molecular weight is 251 g/mol. The van der Waals surface area contributed by atoms with Gasteiger partial charge in [0.1, 0.15) is 0 Å². The van der Waals surface area contributed by atoms with Crippen molar-refractivity contribution in [1.82, 2.24) is 4.90 Å². The summed E-state index contributed by atoms with van der Waals surface area (Å²) in [7, 11) is 9.29. The lowest BCUT2D eigenvalue weighted by molar-refractivity contribution is -0.871. The van der Waals surface area contributed by atoms with E-state index in [1.54, 1.807) is 5.70 Å². The van der Waals surface area contributed by atoms with Crippen molar-refractivity contribution in [2.45, 2.75) is 51.0 Å². The third-order valence-corrected chi connectivity index (χ3v) is 4.77. The van der Waals surface area contributed by atoms with E-state index in [1.807, 2.05) is 0 Å². The van der Waals surface area contributed by atoms with Gasteiger partial charge in [0.05, 0.1) is 27.7 Å². The van der Waals surface area contributed by atoms with Crippen molar-refractivity contribution < 1.29 is 4.48 Å². The molecule has 104 valence electrons. The molecule has 2 bridgehead atoms. The molecule has 2 heteroatoms. The van der Waals surface area contributed by atoms with Crippen LogP contribution < -0.4 is 0 Å². The molecule has 1 fully saturated rings. The van der Waals surface area contributed by atoms with E-state index in [0.29, 0.717) is 0 Å². The minimum atomic E-state index is 0.813. The molecule has 2 rings (SSSR count). The molecule has 2 nitrogen and oxygen atoms in total. The SMILES string of the molecule is CN1C2=CCCC(CC[N+](C)(C)C)C1CCCC2. The fraction of sp³-hybridized carbons (Fsp3) is 0.875. The first-order valence-electron chi connectivity index (χ1n) is 7.70. The number of nitrogens with zero attached hydrogens (tertiary/aromatic N) is 2. The monoisotopic (exact) mass is 251 g/mol. The van der Waals surface area contributed by atoms with E-state index in [4.69, 9.17) is 0 Å². The van der Waals surface area contributed by atoms with Crippen molar-refractivity contribution in [3.8, 4) is 0 Å². The van der Waals surface area contributed by atoms with E-state index in [1.165, 1.54) is 51.5 Å². The summed E-state index contributed by atoms with van der Waals surface area (Å²) in [6.45, 7) is 1.31. The molecule has 2 heterocycles. The Kier molecular flexibility index (Phi) is 4.37. The molecule has 0 amide bonds. The van der Waals surface area contributed by atoms with Gasteiger partial charge in [-0.1, -0.05) is 12.5 Å². The van der Waals surface area contributed by atoms with E-state index < -0.39 is 0 Å². The number of quaternary nitrogens is 1. The predicted octanol–water partition coefficient (Wildman–Crippen LogP) is 3.25. The zero-order valence-corrected chi connectivity index (χ0v) is 12.8. The molecule has 0 aromatic heterocycles. The zero-order chi connectivity index (χ0) is 13.2. The van der Waals surface area contributed by atoms with Crippen LogP contribution in [-0.4, -0.2) is 50.2 Å². The van der Waals surface area contributed by atoms with Gasteiger partial charge in [0, 0.05) is 25.2 Å². The summed E-state index contributed by atoms with van der Waals surface area (Å²) in [5.41, 5.74) is 1.63. The molecular weight excluding hydrogens is 220 g/mol. The Morgan fingerprint density at radius 3 is 2.72 bits per heavy atom. The van der Waals surface area contributed by atoms with Crippen LogP contribution in [0.2, 0.25) is 0 Å². The Morgan fingerprint density at radius 2 is 2.00 bits per heavy atom. The quantitative estimate of drug-likeness (QED) is 0.696. The van der Waals surface area contributed by atoms with Gasteiger partial charge in [-0.25, -0.2) is 0 Å². The molecule has 18 heavy (non-hydrogen) atoms. The van der Waals surface area contributed by atoms with Crippen molar-refractivity contribution >= 4 is 0 Å². The maximum atomic E-state index is 2.63. The van der Waals surface area contributed by atoms with Gasteiger partial charge in [-0.05, 0) is 38.0 Å². The van der Waals surface area contributed by atoms with E-state index in [9.17, 15) is 0 Å². The number of fused-ring (bicyclic) bond motifs is 2. The van der Waals surface area contributed by atoms with E-state index >= 15 is 0 Å². The number of rotatable bonds is 3. The summed E-state index contributed by atoms with van der Waals surface area (Å²) in [6, 6.07) is 0.813. The van der Waals surface area contributed by atoms with Crippen LogP contribution in [0.4, 0.5) is 0 Å². The first kappa shape index (κ1) is 13.9. The molecule has 0 spiro atoms. The summed E-state index contributed by atoms with van der Waals surface area (Å²) in [5.74, 6) is 0.902. The molecule has 0 N–H and O–H groups in total. The molecule has 0 aliphatic carbocycles. The molecule has 2 unspecified atom stereocenters. The van der Waals surface area contributed by atoms with Crippen molar-refractivity contribution in [3.63, 3.8) is 0 Å². The van der Waals surface area contributed by atoms with Gasteiger partial charge in [0.2, 0.25) is 0 Å². The lowest BCUT2D eigenvalue weighted by Crippen LogP contribution is -2.40. The van der Waals surface area contributed by atoms with Gasteiger partial charge in [-0.3, -0.25) is 0 Å². The second kappa shape index (κ2) is 5.64. The summed E-state index contributed by atoms with van der Waals surface area (Å²) in [5, 5.41) is 0. The van der Waals surface area contributed by atoms with Crippen LogP contribution >= 0.6 is 0 Å². The van der Waals surface area contributed by atoms with Crippen molar-refractivity contribution in [2.24, 2.45) is 5.92 Å². The van der Waals surface area contributed by atoms with Crippen LogP contribution in [-0.2, 0) is 0 Å². The average Bonchev–Trinajstić information content (AvgIpc) is 2.55. The van der Waals surface area contributed by atoms with Crippen molar-refractivity contribution in [3.05, 3.63) is 11.8 Å². The predicted molar refractivity (Wildman–Crippen MR) is 78.3 cm³/mol. The van der Waals surface area contributed by atoms with Gasteiger partial charge < -0.3 is 9.38 Å². The standard InChI is InChI=1S/C16H31N2/c1-17-15-9-5-6-11-16(17)14(8-7-10-15)12-13-18(2,3)4/h10,14,16H,5-9,11-13H2,1-4H3/q+1. The minimum Gasteiger partial charge on any atom is -0.375 e. The molecule has 0 aromatic rings. The molecule has 0 aromatic carbocycles. The van der Waals surface area contributed by atoms with Gasteiger partial charge in [0.25, 0.3) is 0 Å². The summed E-state index contributed by atoms with van der Waals surface area (Å²) in [4.78, 5) is 2.63. The highest BCUT2D eigenvalue weighted by Crippen LogP contribution is 2.34. The molecule has 2 atom stereocenters. The Hall–Kier alpha value is -0.500. The van der Waals surface area contributed by atoms with Crippen LogP contribution in [0.5, 0.6) is 0 Å². The first-order chi connectivity index (χ1) is 8.47. The third-order valence-electron chi connectivity index (χ3n) is 4.77. The summed E-state index contributed by atoms with van der Waals surface area (Å²) < 4.78 is 1.10. The normalized spacial score (nSPS) is 29.6. The maximum absolute atomic E-state index is 2.63. The van der Waals surface area contributed by atoms with Gasteiger partial charge >= 0.3 is 0 Å². The van der Waals surface area contributed by atoms with Crippen LogP contribution in [0, 0.1) is 5.92 Å². The van der Waals surface area contributed by atoms with Gasteiger partial charge in [-0.15, -0.1) is 0 Å². The van der Waals surface area contributed by atoms with Crippen molar-refractivity contribution in [1.29, 1.82) is 0 Å². The fourth-order valence-electron chi connectivity index (χ4n) is 3.59. The first-order valence-corrected chi connectivity index (χ1v) is 7.70. The highest BCUT2D eigenvalue weighted by Gasteiger charge is 2.30. The molecule has 2 aliphatic heterocycles. The van der Waals surface area contributed by atoms with E-state index in [-0.39, 0.29) is 0 Å². The van der Waals surface area contributed by atoms with E-state index in [0.717, 1.165) is 16.4 Å². The Morgan fingerprint density at radius 1 is 1.22 bits per heavy atom. The Balaban J connectivity index is 2.03. The van der Waals surface area contributed by atoms with E-state index in [2.05, 4.69) is 39.2 Å². The maximum Gasteiger partial charge on any atom is 0.0783 e. The highest BCUT2D eigenvalue weighted by molar-refractivity contribution is 5.07. The third kappa shape index (κ3) is 3.50. The van der Waals surface area contributed by atoms with Gasteiger partial charge in [0.15, 0.2) is 0 Å². The summed E-state index contributed by atoms with van der Waals surface area (Å²) in [6.07, 6.45) is 12.2. The van der Waals surface area contributed by atoms with Crippen LogP contribution in [0.25, 0.3) is 0 Å². The largest absolute Gasteiger partial charge is 0.375 e. The van der Waals surface area contributed by atoms with Crippen LogP contribution in [0.3, 0.4) is 0 Å². The zero-order valence-electron chi connectivity index (χ0n) is 12.8. The lowest BCUT2D eigenvalue weighted by Gasteiger charge is -2.35. The Labute approximate surface area is 113 Å².